The average molecular weight is 1000 g/mol. The van der Waals surface area contributed by atoms with Crippen molar-refractivity contribution in [3.05, 3.63) is 199 Å². The zero-order valence-corrected chi connectivity index (χ0v) is 37.7. The minimum Gasteiger partial charge on any atom is -0.502 e. The van der Waals surface area contributed by atoms with E-state index in [0.29, 0.717) is 28.9 Å². The Kier molecular flexibility index (Phi) is 12.6. The first kappa shape index (κ1) is 43.1. The molecule has 0 spiro atoms. The van der Waals surface area contributed by atoms with E-state index in [9.17, 15) is 0 Å². The van der Waals surface area contributed by atoms with Crippen molar-refractivity contribution in [2.24, 2.45) is 0 Å². The molecule has 0 aliphatic carbocycles. The van der Waals surface area contributed by atoms with Crippen molar-refractivity contribution in [2.45, 2.75) is 27.7 Å². The van der Waals surface area contributed by atoms with Gasteiger partial charge >= 0.3 is 40.8 Å². The van der Waals surface area contributed by atoms with Crippen LogP contribution in [0.25, 0.3) is 72.5 Å². The number of aryl methyl sites for hydroxylation is 4. The Morgan fingerprint density at radius 3 is 1.29 bits per heavy atom. The number of fused-ring (bicyclic) bond motifs is 3. The Hall–Kier alpha value is -6.58. The van der Waals surface area contributed by atoms with Crippen molar-refractivity contribution in [2.75, 3.05) is 0 Å². The normalized spacial score (nSPS) is 10.9. The first-order chi connectivity index (χ1) is 29.9. The summed E-state index contributed by atoms with van der Waals surface area (Å²) in [7, 11) is 0. The van der Waals surface area contributed by atoms with E-state index >= 15 is 0 Å². The molecular formula is C54H37N5O2Pd2. The van der Waals surface area contributed by atoms with Gasteiger partial charge in [0.2, 0.25) is 5.95 Å². The minimum atomic E-state index is 0. The smallest absolute Gasteiger partial charge is 0.502 e. The second-order valence-corrected chi connectivity index (χ2v) is 15.1. The molecule has 0 fully saturated rings. The van der Waals surface area contributed by atoms with Crippen LogP contribution in [-0.4, -0.2) is 24.5 Å². The fourth-order valence-electron chi connectivity index (χ4n) is 7.78. The molecule has 0 atom stereocenters. The molecule has 0 saturated heterocycles. The molecule has 0 radical (unpaired) electrons. The van der Waals surface area contributed by atoms with Gasteiger partial charge in [-0.3, -0.25) is 0 Å². The van der Waals surface area contributed by atoms with E-state index in [1.807, 2.05) is 65.2 Å². The Labute approximate surface area is 394 Å². The SMILES string of the molecule is Cc1ccc(-c2c(Oc3[c-]c4c(cc3)c3ccc(Oc5[c-]c(-c6ccccn6)cc(C)c5-c5ccc(C)cc5)[c-]c3n4-c3ncccn3)[c-]c(-c3ccccn3)cc2C)cc1.[Pd+2].[Pd+2]. The Bertz CT molecular complexity index is 3020. The third-order valence-corrected chi connectivity index (χ3v) is 10.7. The second kappa shape index (κ2) is 18.4. The van der Waals surface area contributed by atoms with Crippen molar-refractivity contribution >= 4 is 21.8 Å². The molecule has 0 aliphatic rings. The summed E-state index contributed by atoms with van der Waals surface area (Å²) >= 11 is 0. The molecule has 7 nitrogen and oxygen atoms in total. The van der Waals surface area contributed by atoms with Crippen LogP contribution in [0.15, 0.2) is 152 Å². The largest absolute Gasteiger partial charge is 2.00 e. The monoisotopic (exact) mass is 999 g/mol. The predicted octanol–water partition coefficient (Wildman–Crippen LogP) is 13.0. The molecule has 0 aliphatic heterocycles. The number of nitrogens with zero attached hydrogens (tertiary/aromatic N) is 5. The number of aromatic nitrogens is 5. The number of hydrogen-bond acceptors (Lipinski definition) is 6. The summed E-state index contributed by atoms with van der Waals surface area (Å²) in [5, 5.41) is 1.86. The summed E-state index contributed by atoms with van der Waals surface area (Å²) in [5.41, 5.74) is 13.1. The van der Waals surface area contributed by atoms with E-state index in [2.05, 4.69) is 133 Å². The van der Waals surface area contributed by atoms with Gasteiger partial charge in [-0.05, 0) is 43.4 Å². The number of pyridine rings is 2. The van der Waals surface area contributed by atoms with Crippen LogP contribution in [0.1, 0.15) is 22.3 Å². The fourth-order valence-corrected chi connectivity index (χ4v) is 7.78. The van der Waals surface area contributed by atoms with Crippen LogP contribution in [0.4, 0.5) is 0 Å². The topological polar surface area (TPSA) is 75.0 Å². The first-order valence-corrected chi connectivity index (χ1v) is 20.0. The summed E-state index contributed by atoms with van der Waals surface area (Å²) in [5.74, 6) is 2.62. The number of rotatable bonds is 9. The van der Waals surface area contributed by atoms with Crippen LogP contribution in [-0.2, 0) is 40.8 Å². The van der Waals surface area contributed by atoms with Gasteiger partial charge in [0, 0.05) is 47.8 Å². The van der Waals surface area contributed by atoms with E-state index in [-0.39, 0.29) is 40.8 Å². The maximum absolute atomic E-state index is 6.82. The molecule has 9 heteroatoms. The van der Waals surface area contributed by atoms with E-state index in [1.54, 1.807) is 30.9 Å². The van der Waals surface area contributed by atoms with E-state index in [0.717, 1.165) is 77.7 Å². The molecule has 0 bridgehead atoms. The molecule has 63 heavy (non-hydrogen) atoms. The maximum atomic E-state index is 6.82. The summed E-state index contributed by atoms with van der Waals surface area (Å²) in [6.45, 7) is 8.35. The van der Waals surface area contributed by atoms with Crippen LogP contribution in [0.5, 0.6) is 23.0 Å². The molecule has 10 rings (SSSR count). The van der Waals surface area contributed by atoms with Crippen LogP contribution < -0.4 is 9.47 Å². The van der Waals surface area contributed by atoms with Crippen molar-refractivity contribution < 1.29 is 50.3 Å². The third kappa shape index (κ3) is 8.63. The standard InChI is InChI=1S/C54H37N5O2.2Pd/c1-34-12-16-38(17-13-34)52-36(3)28-40(46-10-5-7-24-55-46)30-50(52)60-42-20-22-44-45-23-21-43(33-49(45)59(48(44)32-42)54-57-26-9-27-58-54)61-51-31-41(47-11-6-8-25-56-47)29-37(4)53(51)39-18-14-35(2)15-19-39;;/h5-29H,1-4H3;;/q-4;2*+2. The van der Waals surface area contributed by atoms with Crippen LogP contribution >= 0.6 is 0 Å². The molecule has 4 aromatic heterocycles. The van der Waals surface area contributed by atoms with Crippen molar-refractivity contribution in [3.8, 4) is 73.7 Å². The van der Waals surface area contributed by atoms with Gasteiger partial charge in [0.15, 0.2) is 0 Å². The Morgan fingerprint density at radius 2 is 0.873 bits per heavy atom. The molecule has 4 heterocycles. The van der Waals surface area contributed by atoms with Gasteiger partial charge in [-0.15, -0.1) is 58.7 Å². The zero-order chi connectivity index (χ0) is 41.5. The van der Waals surface area contributed by atoms with E-state index < -0.39 is 0 Å². The summed E-state index contributed by atoms with van der Waals surface area (Å²) in [6, 6.07) is 56.9. The van der Waals surface area contributed by atoms with Gasteiger partial charge in [-0.2, -0.15) is 22.9 Å². The molecule has 0 saturated carbocycles. The quantitative estimate of drug-likeness (QED) is 0.106. The zero-order valence-electron chi connectivity index (χ0n) is 34.6. The molecule has 10 aromatic rings. The molecular weight excluding hydrogens is 963 g/mol. The van der Waals surface area contributed by atoms with Gasteiger partial charge in [0.05, 0.1) is 0 Å². The predicted molar refractivity (Wildman–Crippen MR) is 241 cm³/mol. The third-order valence-electron chi connectivity index (χ3n) is 10.7. The van der Waals surface area contributed by atoms with Crippen LogP contribution in [0, 0.1) is 52.0 Å². The van der Waals surface area contributed by atoms with E-state index in [4.69, 9.17) is 9.47 Å². The summed E-state index contributed by atoms with van der Waals surface area (Å²) < 4.78 is 15.6. The van der Waals surface area contributed by atoms with Gasteiger partial charge in [0.25, 0.3) is 0 Å². The van der Waals surface area contributed by atoms with Crippen LogP contribution in [0.2, 0.25) is 0 Å². The molecule has 310 valence electrons. The van der Waals surface area contributed by atoms with Crippen LogP contribution in [0.3, 0.4) is 0 Å². The summed E-state index contributed by atoms with van der Waals surface area (Å²) in [4.78, 5) is 18.6. The fraction of sp³-hybridized carbons (Fsp3) is 0.0741. The number of benzene rings is 6. The van der Waals surface area contributed by atoms with Gasteiger partial charge < -0.3 is 24.0 Å². The van der Waals surface area contributed by atoms with Crippen molar-refractivity contribution in [1.29, 1.82) is 0 Å². The molecule has 0 unspecified atom stereocenters. The number of ether oxygens (including phenoxy) is 2. The summed E-state index contributed by atoms with van der Waals surface area (Å²) in [6.07, 6.45) is 7.02. The van der Waals surface area contributed by atoms with E-state index in [1.165, 1.54) is 11.1 Å². The molecule has 0 amide bonds. The Balaban J connectivity index is 0.00000272. The van der Waals surface area contributed by atoms with Crippen molar-refractivity contribution in [3.63, 3.8) is 0 Å². The number of hydrogen-bond donors (Lipinski definition) is 0. The van der Waals surface area contributed by atoms with Gasteiger partial charge in [-0.25, -0.2) is 9.97 Å². The Morgan fingerprint density at radius 1 is 0.444 bits per heavy atom. The maximum Gasteiger partial charge on any atom is 2.00 e. The molecule has 0 N–H and O–H groups in total. The van der Waals surface area contributed by atoms with Gasteiger partial charge in [-0.1, -0.05) is 143 Å². The second-order valence-electron chi connectivity index (χ2n) is 15.1. The first-order valence-electron chi connectivity index (χ1n) is 20.0. The van der Waals surface area contributed by atoms with Crippen molar-refractivity contribution in [1.82, 2.24) is 24.5 Å². The average Bonchev–Trinajstić information content (AvgIpc) is 3.60. The minimum absolute atomic E-state index is 0. The molecule has 6 aromatic carbocycles. The van der Waals surface area contributed by atoms with Gasteiger partial charge in [0.1, 0.15) is 0 Å².